The summed E-state index contributed by atoms with van der Waals surface area (Å²) in [6.45, 7) is 6.15. The zero-order chi connectivity index (χ0) is 16.4. The normalized spacial score (nSPS) is 17.5. The molecule has 5 heteroatoms. The number of benzene rings is 1. The largest absolute Gasteiger partial charge is 0.462 e. The molecule has 0 aliphatic carbocycles. The maximum Gasteiger partial charge on any atom is 0.341 e. The van der Waals surface area contributed by atoms with Crippen LogP contribution >= 0.6 is 0 Å². The number of anilines is 1. The monoisotopic (exact) mass is 313 g/mol. The molecule has 0 unspecified atom stereocenters. The van der Waals surface area contributed by atoms with Crippen molar-refractivity contribution in [3.05, 3.63) is 47.3 Å². The highest BCUT2D eigenvalue weighted by atomic mass is 16.5. The molecule has 23 heavy (non-hydrogen) atoms. The van der Waals surface area contributed by atoms with E-state index in [1.807, 2.05) is 27.0 Å². The molecule has 1 aromatic carbocycles. The third-order valence-electron chi connectivity index (χ3n) is 4.57. The number of hydrogen-bond acceptors (Lipinski definition) is 4. The average Bonchev–Trinajstić information content (AvgIpc) is 3.11. The fourth-order valence-electron chi connectivity index (χ4n) is 3.18. The van der Waals surface area contributed by atoms with Crippen molar-refractivity contribution in [1.29, 1.82) is 0 Å². The van der Waals surface area contributed by atoms with E-state index >= 15 is 0 Å². The Bertz CT molecular complexity index is 694. The number of carbonyl (C=O) groups excluding carboxylic acids is 1. The average molecular weight is 313 g/mol. The number of carbonyl (C=O) groups is 1. The summed E-state index contributed by atoms with van der Waals surface area (Å²) in [6, 6.07) is 10.4. The number of ether oxygens (including phenoxy) is 1. The van der Waals surface area contributed by atoms with Crippen LogP contribution in [0.2, 0.25) is 0 Å². The van der Waals surface area contributed by atoms with Crippen molar-refractivity contribution in [3.8, 4) is 0 Å². The molecule has 2 aromatic rings. The van der Waals surface area contributed by atoms with Crippen LogP contribution in [0.3, 0.4) is 0 Å². The summed E-state index contributed by atoms with van der Waals surface area (Å²) < 4.78 is 7.27. The molecule has 0 spiro atoms. The van der Waals surface area contributed by atoms with Crippen molar-refractivity contribution in [1.82, 2.24) is 9.78 Å². The second kappa shape index (κ2) is 6.44. The number of aryl methyl sites for hydroxylation is 2. The van der Waals surface area contributed by atoms with Gasteiger partial charge in [-0.3, -0.25) is 4.68 Å². The molecule has 0 amide bonds. The number of esters is 1. The SMILES string of the molecule is Cc1nn(C)c(C)c1C(=O)OC[C@@H]1CCN(c2ccccc2)C1. The third-order valence-corrected chi connectivity index (χ3v) is 4.57. The maximum atomic E-state index is 12.3. The predicted molar refractivity (Wildman–Crippen MR) is 89.7 cm³/mol. The Labute approximate surface area is 136 Å². The number of para-hydroxylation sites is 1. The minimum Gasteiger partial charge on any atom is -0.462 e. The van der Waals surface area contributed by atoms with Crippen LogP contribution in [-0.2, 0) is 11.8 Å². The van der Waals surface area contributed by atoms with Crippen LogP contribution in [0.5, 0.6) is 0 Å². The van der Waals surface area contributed by atoms with Crippen LogP contribution < -0.4 is 4.90 Å². The van der Waals surface area contributed by atoms with E-state index < -0.39 is 0 Å². The highest BCUT2D eigenvalue weighted by Crippen LogP contribution is 2.24. The Morgan fingerprint density at radius 3 is 2.70 bits per heavy atom. The van der Waals surface area contributed by atoms with E-state index in [9.17, 15) is 4.79 Å². The van der Waals surface area contributed by atoms with Gasteiger partial charge in [0.05, 0.1) is 12.3 Å². The van der Waals surface area contributed by atoms with Gasteiger partial charge in [-0.25, -0.2) is 4.79 Å². The summed E-state index contributed by atoms with van der Waals surface area (Å²) in [7, 11) is 1.84. The highest BCUT2D eigenvalue weighted by Gasteiger charge is 2.25. The van der Waals surface area contributed by atoms with E-state index in [1.165, 1.54) is 5.69 Å². The molecule has 1 aliphatic heterocycles. The lowest BCUT2D eigenvalue weighted by atomic mass is 10.1. The zero-order valence-corrected chi connectivity index (χ0v) is 14.0. The first-order valence-electron chi connectivity index (χ1n) is 8.03. The Balaban J connectivity index is 1.56. The molecule has 5 nitrogen and oxygen atoms in total. The van der Waals surface area contributed by atoms with E-state index in [0.29, 0.717) is 18.1 Å². The molecule has 1 fully saturated rings. The van der Waals surface area contributed by atoms with Gasteiger partial charge in [-0.05, 0) is 32.4 Å². The lowest BCUT2D eigenvalue weighted by Gasteiger charge is -2.18. The summed E-state index contributed by atoms with van der Waals surface area (Å²) in [5.41, 5.74) is 3.42. The van der Waals surface area contributed by atoms with Crippen LogP contribution in [0.25, 0.3) is 0 Å². The van der Waals surface area contributed by atoms with Gasteiger partial charge in [-0.15, -0.1) is 0 Å². The summed E-state index contributed by atoms with van der Waals surface area (Å²) >= 11 is 0. The number of hydrogen-bond donors (Lipinski definition) is 0. The van der Waals surface area contributed by atoms with Gasteiger partial charge >= 0.3 is 5.97 Å². The number of rotatable bonds is 4. The quantitative estimate of drug-likeness (QED) is 0.814. The molecule has 1 aromatic heterocycles. The smallest absolute Gasteiger partial charge is 0.341 e. The van der Waals surface area contributed by atoms with Crippen LogP contribution in [0.4, 0.5) is 5.69 Å². The first kappa shape index (κ1) is 15.6. The standard InChI is InChI=1S/C18H23N3O2/c1-13-17(14(2)20(3)19-13)18(22)23-12-15-9-10-21(11-15)16-7-5-4-6-8-16/h4-8,15H,9-12H2,1-3H3/t15-/m1/s1. The molecule has 1 aliphatic rings. The number of aromatic nitrogens is 2. The van der Waals surface area contributed by atoms with E-state index in [1.54, 1.807) is 4.68 Å². The third kappa shape index (κ3) is 3.23. The first-order chi connectivity index (χ1) is 11.1. The summed E-state index contributed by atoms with van der Waals surface area (Å²) in [5.74, 6) is 0.128. The molecule has 122 valence electrons. The lowest BCUT2D eigenvalue weighted by molar-refractivity contribution is 0.0449. The van der Waals surface area contributed by atoms with E-state index in [2.05, 4.69) is 34.3 Å². The van der Waals surface area contributed by atoms with Crippen molar-refractivity contribution in [2.24, 2.45) is 13.0 Å². The van der Waals surface area contributed by atoms with Crippen LogP contribution in [0.15, 0.2) is 30.3 Å². The van der Waals surface area contributed by atoms with Crippen molar-refractivity contribution in [2.75, 3.05) is 24.6 Å². The highest BCUT2D eigenvalue weighted by molar-refractivity contribution is 5.91. The minimum atomic E-state index is -0.258. The molecule has 3 rings (SSSR count). The van der Waals surface area contributed by atoms with Gasteiger partial charge < -0.3 is 9.64 Å². The molecule has 1 saturated heterocycles. The van der Waals surface area contributed by atoms with Gasteiger partial charge in [-0.2, -0.15) is 5.10 Å². The molecule has 1 atom stereocenters. The van der Waals surface area contributed by atoms with Gasteiger partial charge in [-0.1, -0.05) is 18.2 Å². The summed E-state index contributed by atoms with van der Waals surface area (Å²) in [5, 5.41) is 4.27. The summed E-state index contributed by atoms with van der Waals surface area (Å²) in [6.07, 6.45) is 1.05. The van der Waals surface area contributed by atoms with Crippen molar-refractivity contribution < 1.29 is 9.53 Å². The minimum absolute atomic E-state index is 0.258. The molecule has 2 heterocycles. The van der Waals surface area contributed by atoms with Gasteiger partial charge in [0.2, 0.25) is 0 Å². The van der Waals surface area contributed by atoms with Crippen LogP contribution in [-0.4, -0.2) is 35.4 Å². The van der Waals surface area contributed by atoms with E-state index in [-0.39, 0.29) is 5.97 Å². The predicted octanol–water partition coefficient (Wildman–Crippen LogP) is 2.72. The van der Waals surface area contributed by atoms with Gasteiger partial charge in [0.1, 0.15) is 5.56 Å². The second-order valence-electron chi connectivity index (χ2n) is 6.20. The fraction of sp³-hybridized carbons (Fsp3) is 0.444. The van der Waals surface area contributed by atoms with Gasteiger partial charge in [0, 0.05) is 37.4 Å². The lowest BCUT2D eigenvalue weighted by Crippen LogP contribution is -2.22. The van der Waals surface area contributed by atoms with E-state index in [0.717, 1.165) is 30.9 Å². The van der Waals surface area contributed by atoms with Crippen LogP contribution in [0, 0.1) is 19.8 Å². The maximum absolute atomic E-state index is 12.3. The van der Waals surface area contributed by atoms with Crippen molar-refractivity contribution in [2.45, 2.75) is 20.3 Å². The molecular formula is C18H23N3O2. The Kier molecular flexibility index (Phi) is 4.37. The molecular weight excluding hydrogens is 290 g/mol. The zero-order valence-electron chi connectivity index (χ0n) is 14.0. The first-order valence-corrected chi connectivity index (χ1v) is 8.03. The van der Waals surface area contributed by atoms with Crippen LogP contribution in [0.1, 0.15) is 28.2 Å². The fourth-order valence-corrected chi connectivity index (χ4v) is 3.18. The topological polar surface area (TPSA) is 47.4 Å². The molecule has 0 radical (unpaired) electrons. The molecule has 0 saturated carbocycles. The Hall–Kier alpha value is -2.30. The Morgan fingerprint density at radius 1 is 1.30 bits per heavy atom. The second-order valence-corrected chi connectivity index (χ2v) is 6.20. The van der Waals surface area contributed by atoms with E-state index in [4.69, 9.17) is 4.74 Å². The van der Waals surface area contributed by atoms with Gasteiger partial charge in [0.15, 0.2) is 0 Å². The van der Waals surface area contributed by atoms with Gasteiger partial charge in [0.25, 0.3) is 0 Å². The van der Waals surface area contributed by atoms with Crippen molar-refractivity contribution in [3.63, 3.8) is 0 Å². The molecule has 0 bridgehead atoms. The van der Waals surface area contributed by atoms with Crippen molar-refractivity contribution >= 4 is 11.7 Å². The Morgan fingerprint density at radius 2 is 2.04 bits per heavy atom. The molecule has 0 N–H and O–H groups in total. The number of nitrogens with zero attached hydrogens (tertiary/aromatic N) is 3. The summed E-state index contributed by atoms with van der Waals surface area (Å²) in [4.78, 5) is 14.7.